The number of hydrogen-bond acceptors (Lipinski definition) is 4. The van der Waals surface area contributed by atoms with Crippen molar-refractivity contribution >= 4 is 12.2 Å². The summed E-state index contributed by atoms with van der Waals surface area (Å²) in [5.41, 5.74) is 8.05. The van der Waals surface area contributed by atoms with Crippen molar-refractivity contribution in [1.82, 2.24) is 5.43 Å². The Bertz CT molecular complexity index is 370. The maximum absolute atomic E-state index is 6.96. The van der Waals surface area contributed by atoms with Crippen LogP contribution in [0.2, 0.25) is 0 Å². The monoisotopic (exact) mass is 238 g/mol. The van der Waals surface area contributed by atoms with E-state index in [0.717, 1.165) is 0 Å². The smallest absolute Gasteiger partial charge is 0.206 e. The minimum atomic E-state index is -0.245. The first-order valence-electron chi connectivity index (χ1n) is 4.83. The van der Waals surface area contributed by atoms with Gasteiger partial charge in [0.25, 0.3) is 0 Å². The molecule has 6 heteroatoms. The molecule has 0 spiro atoms. The van der Waals surface area contributed by atoms with Crippen LogP contribution in [0.15, 0.2) is 40.9 Å². The maximum Gasteiger partial charge on any atom is 0.206 e. The summed E-state index contributed by atoms with van der Waals surface area (Å²) in [5.74, 6) is 0.827. The van der Waals surface area contributed by atoms with Crippen LogP contribution in [0.1, 0.15) is 6.92 Å². The van der Waals surface area contributed by atoms with Gasteiger partial charge in [-0.3, -0.25) is 5.41 Å². The normalized spacial score (nSPS) is 12.4. The lowest BCUT2D eigenvalue weighted by atomic mass is 10.2. The summed E-state index contributed by atoms with van der Waals surface area (Å²) in [6.07, 6.45) is 4.89. The molecule has 6 nitrogen and oxygen atoms in total. The SMILES string of the molecule is C=C(/C=C(/C=N/NC(=N)N)C(=C/C)\OC)OC. The first-order chi connectivity index (χ1) is 8.04. The summed E-state index contributed by atoms with van der Waals surface area (Å²) in [6, 6.07) is 0. The largest absolute Gasteiger partial charge is 0.497 e. The van der Waals surface area contributed by atoms with Gasteiger partial charge in [0, 0.05) is 5.57 Å². The predicted molar refractivity (Wildman–Crippen MR) is 68.5 cm³/mol. The zero-order valence-corrected chi connectivity index (χ0v) is 10.3. The Hall–Kier alpha value is -2.24. The van der Waals surface area contributed by atoms with Gasteiger partial charge in [-0.25, -0.2) is 5.43 Å². The van der Waals surface area contributed by atoms with Crippen LogP contribution in [0.5, 0.6) is 0 Å². The zero-order valence-electron chi connectivity index (χ0n) is 10.3. The lowest BCUT2D eigenvalue weighted by Crippen LogP contribution is -2.25. The van der Waals surface area contributed by atoms with Crippen molar-refractivity contribution in [2.75, 3.05) is 14.2 Å². The Labute approximate surface area is 101 Å². The van der Waals surface area contributed by atoms with Crippen LogP contribution in [-0.2, 0) is 9.47 Å². The van der Waals surface area contributed by atoms with Crippen LogP contribution in [0.3, 0.4) is 0 Å². The fourth-order valence-corrected chi connectivity index (χ4v) is 0.978. The Morgan fingerprint density at radius 3 is 2.47 bits per heavy atom. The molecular weight excluding hydrogens is 220 g/mol. The number of nitrogens with one attached hydrogen (secondary N) is 2. The highest BCUT2D eigenvalue weighted by molar-refractivity contribution is 5.85. The van der Waals surface area contributed by atoms with E-state index in [1.165, 1.54) is 13.3 Å². The van der Waals surface area contributed by atoms with Gasteiger partial charge in [0.15, 0.2) is 0 Å². The number of allylic oxidation sites excluding steroid dienone is 3. The van der Waals surface area contributed by atoms with E-state index in [1.54, 1.807) is 19.3 Å². The summed E-state index contributed by atoms with van der Waals surface area (Å²) < 4.78 is 10.1. The van der Waals surface area contributed by atoms with Gasteiger partial charge in [-0.1, -0.05) is 6.58 Å². The highest BCUT2D eigenvalue weighted by Gasteiger charge is 2.02. The van der Waals surface area contributed by atoms with Gasteiger partial charge in [0.1, 0.15) is 11.5 Å². The van der Waals surface area contributed by atoms with Crippen molar-refractivity contribution < 1.29 is 9.47 Å². The average Bonchev–Trinajstić information content (AvgIpc) is 2.29. The van der Waals surface area contributed by atoms with Crippen LogP contribution < -0.4 is 11.2 Å². The fourth-order valence-electron chi connectivity index (χ4n) is 0.978. The quantitative estimate of drug-likeness (QED) is 0.212. The third-order valence-corrected chi connectivity index (χ3v) is 1.73. The van der Waals surface area contributed by atoms with E-state index in [-0.39, 0.29) is 5.96 Å². The summed E-state index contributed by atoms with van der Waals surface area (Å²) in [7, 11) is 3.06. The number of rotatable bonds is 6. The van der Waals surface area contributed by atoms with Crippen LogP contribution in [0.4, 0.5) is 0 Å². The molecule has 0 aliphatic heterocycles. The highest BCUT2D eigenvalue weighted by Crippen LogP contribution is 2.11. The molecule has 0 aliphatic carbocycles. The molecule has 4 N–H and O–H groups in total. The zero-order chi connectivity index (χ0) is 13.3. The number of methoxy groups -OCH3 is 2. The van der Waals surface area contributed by atoms with Crippen molar-refractivity contribution in [2.24, 2.45) is 10.8 Å². The summed E-state index contributed by atoms with van der Waals surface area (Å²) in [6.45, 7) is 5.50. The molecule has 94 valence electrons. The van der Waals surface area contributed by atoms with E-state index < -0.39 is 0 Å². The molecular formula is C11H18N4O2. The second-order valence-corrected chi connectivity index (χ2v) is 2.91. The van der Waals surface area contributed by atoms with Crippen LogP contribution >= 0.6 is 0 Å². The molecule has 0 aromatic carbocycles. The molecule has 0 amide bonds. The third kappa shape index (κ3) is 6.03. The molecule has 17 heavy (non-hydrogen) atoms. The van der Waals surface area contributed by atoms with E-state index in [4.69, 9.17) is 20.6 Å². The maximum atomic E-state index is 6.96. The van der Waals surface area contributed by atoms with Gasteiger partial charge in [0.2, 0.25) is 5.96 Å². The Kier molecular flexibility index (Phi) is 6.92. The molecule has 0 saturated carbocycles. The van der Waals surface area contributed by atoms with Crippen LogP contribution in [0, 0.1) is 5.41 Å². The first kappa shape index (κ1) is 14.8. The lowest BCUT2D eigenvalue weighted by molar-refractivity contribution is 0.297. The molecule has 0 saturated heterocycles. The standard InChI is InChI=1S/C11H18N4O2/c1-5-10(17-4)9(6-8(2)16-3)7-14-15-11(12)13/h5-7H,2H2,1,3-4H3,(H4,12,13,15)/b9-6-,10-5+,14-7+. The molecule has 0 radical (unpaired) electrons. The lowest BCUT2D eigenvalue weighted by Gasteiger charge is -2.07. The highest BCUT2D eigenvalue weighted by atomic mass is 16.5. The van der Waals surface area contributed by atoms with Gasteiger partial charge >= 0.3 is 0 Å². The van der Waals surface area contributed by atoms with Crippen LogP contribution in [-0.4, -0.2) is 26.4 Å². The Balaban J connectivity index is 4.99. The van der Waals surface area contributed by atoms with E-state index in [0.29, 0.717) is 17.1 Å². The van der Waals surface area contributed by atoms with E-state index >= 15 is 0 Å². The third-order valence-electron chi connectivity index (χ3n) is 1.73. The van der Waals surface area contributed by atoms with E-state index in [9.17, 15) is 0 Å². The number of hydrazone groups is 1. The second kappa shape index (κ2) is 7.98. The van der Waals surface area contributed by atoms with E-state index in [2.05, 4.69) is 17.1 Å². The topological polar surface area (TPSA) is 92.7 Å². The van der Waals surface area contributed by atoms with Crippen molar-refractivity contribution in [2.45, 2.75) is 6.92 Å². The molecule has 0 fully saturated rings. The average molecular weight is 238 g/mol. The minimum Gasteiger partial charge on any atom is -0.497 e. The number of hydrogen-bond donors (Lipinski definition) is 3. The van der Waals surface area contributed by atoms with Gasteiger partial charge in [-0.2, -0.15) is 5.10 Å². The number of nitrogens with two attached hydrogens (primary N) is 1. The number of guanidine groups is 1. The van der Waals surface area contributed by atoms with Gasteiger partial charge < -0.3 is 15.2 Å². The molecule has 0 aliphatic rings. The van der Waals surface area contributed by atoms with Crippen molar-refractivity contribution in [1.29, 1.82) is 5.41 Å². The fraction of sp³-hybridized carbons (Fsp3) is 0.273. The molecule has 0 atom stereocenters. The number of ether oxygens (including phenoxy) is 2. The second-order valence-electron chi connectivity index (χ2n) is 2.91. The molecule has 0 aromatic heterocycles. The van der Waals surface area contributed by atoms with Crippen molar-refractivity contribution in [3.8, 4) is 0 Å². The summed E-state index contributed by atoms with van der Waals surface area (Å²) >= 11 is 0. The van der Waals surface area contributed by atoms with Crippen molar-refractivity contribution in [3.05, 3.63) is 35.8 Å². The molecule has 0 heterocycles. The van der Waals surface area contributed by atoms with Crippen molar-refractivity contribution in [3.63, 3.8) is 0 Å². The van der Waals surface area contributed by atoms with Gasteiger partial charge in [-0.05, 0) is 19.1 Å². The van der Waals surface area contributed by atoms with Gasteiger partial charge in [-0.15, -0.1) is 0 Å². The summed E-state index contributed by atoms with van der Waals surface area (Å²) in [4.78, 5) is 0. The van der Waals surface area contributed by atoms with E-state index in [1.807, 2.05) is 6.92 Å². The molecule has 0 aromatic rings. The van der Waals surface area contributed by atoms with Gasteiger partial charge in [0.05, 0.1) is 20.4 Å². The first-order valence-corrected chi connectivity index (χ1v) is 4.83. The summed E-state index contributed by atoms with van der Waals surface area (Å²) in [5, 5.41) is 10.7. The van der Waals surface area contributed by atoms with Crippen LogP contribution in [0.25, 0.3) is 0 Å². The Morgan fingerprint density at radius 1 is 1.41 bits per heavy atom. The number of nitrogens with zero attached hydrogens (tertiary/aromatic N) is 1. The molecule has 0 unspecified atom stereocenters. The predicted octanol–water partition coefficient (Wildman–Crippen LogP) is 1.09. The Morgan fingerprint density at radius 2 is 2.06 bits per heavy atom. The minimum absolute atomic E-state index is 0.245. The molecule has 0 bridgehead atoms. The molecule has 0 rings (SSSR count).